The summed E-state index contributed by atoms with van der Waals surface area (Å²) in [7, 11) is 0. The van der Waals surface area contributed by atoms with Crippen molar-refractivity contribution in [3.05, 3.63) is 90.3 Å². The Labute approximate surface area is 172 Å². The van der Waals surface area contributed by atoms with Crippen LogP contribution in [0.3, 0.4) is 0 Å². The standard InChI is InChI=1S/C23H18N6O/c1-15-5-4-6-16-11-17(12-26-23(30)19-13-24-9-10-25-19)22(28-21(15)16)29-14-27-18-7-2-3-8-20(18)29/h2-11,13-14H,12H2,1H3,(H,26,30). The van der Waals surface area contributed by atoms with Crippen molar-refractivity contribution < 1.29 is 4.79 Å². The molecule has 0 fully saturated rings. The zero-order valence-corrected chi connectivity index (χ0v) is 16.3. The Kier molecular flexibility index (Phi) is 4.40. The third-order valence-corrected chi connectivity index (χ3v) is 5.02. The van der Waals surface area contributed by atoms with E-state index in [2.05, 4.69) is 26.3 Å². The Balaban J connectivity index is 1.61. The first-order valence-electron chi connectivity index (χ1n) is 9.56. The van der Waals surface area contributed by atoms with E-state index in [4.69, 9.17) is 4.98 Å². The van der Waals surface area contributed by atoms with E-state index >= 15 is 0 Å². The van der Waals surface area contributed by atoms with Crippen molar-refractivity contribution in [3.8, 4) is 5.82 Å². The number of imidazole rings is 1. The lowest BCUT2D eigenvalue weighted by Crippen LogP contribution is -2.24. The lowest BCUT2D eigenvalue weighted by atomic mass is 10.1. The number of carbonyl (C=O) groups is 1. The maximum absolute atomic E-state index is 12.5. The van der Waals surface area contributed by atoms with E-state index in [9.17, 15) is 4.79 Å². The summed E-state index contributed by atoms with van der Waals surface area (Å²) in [6.45, 7) is 2.34. The number of benzene rings is 2. The van der Waals surface area contributed by atoms with Gasteiger partial charge in [-0.25, -0.2) is 15.0 Å². The monoisotopic (exact) mass is 394 g/mol. The number of pyridine rings is 1. The van der Waals surface area contributed by atoms with Crippen LogP contribution in [0.25, 0.3) is 27.8 Å². The number of aryl methyl sites for hydroxylation is 1. The highest BCUT2D eigenvalue weighted by Crippen LogP contribution is 2.25. The van der Waals surface area contributed by atoms with Gasteiger partial charge in [0.2, 0.25) is 0 Å². The highest BCUT2D eigenvalue weighted by Gasteiger charge is 2.15. The van der Waals surface area contributed by atoms with E-state index < -0.39 is 0 Å². The first-order valence-corrected chi connectivity index (χ1v) is 9.56. The second-order valence-corrected chi connectivity index (χ2v) is 6.99. The van der Waals surface area contributed by atoms with Gasteiger partial charge in [-0.2, -0.15) is 0 Å². The summed E-state index contributed by atoms with van der Waals surface area (Å²) in [5.41, 5.74) is 5.02. The number of nitrogens with zero attached hydrogens (tertiary/aromatic N) is 5. The molecule has 7 nitrogen and oxygen atoms in total. The van der Waals surface area contributed by atoms with Crippen LogP contribution in [0.4, 0.5) is 0 Å². The van der Waals surface area contributed by atoms with Crippen molar-refractivity contribution in [2.75, 3.05) is 0 Å². The fourth-order valence-electron chi connectivity index (χ4n) is 3.53. The quantitative estimate of drug-likeness (QED) is 0.503. The summed E-state index contributed by atoms with van der Waals surface area (Å²) in [4.78, 5) is 30.0. The minimum absolute atomic E-state index is 0.275. The highest BCUT2D eigenvalue weighted by atomic mass is 16.1. The molecule has 5 aromatic rings. The molecule has 0 bridgehead atoms. The Morgan fingerprint density at radius 2 is 1.97 bits per heavy atom. The van der Waals surface area contributed by atoms with Gasteiger partial charge in [0.1, 0.15) is 17.8 Å². The Morgan fingerprint density at radius 3 is 2.83 bits per heavy atom. The van der Waals surface area contributed by atoms with E-state index in [1.165, 1.54) is 18.6 Å². The Hall–Kier alpha value is -4.13. The first-order chi connectivity index (χ1) is 14.7. The molecule has 1 amide bonds. The summed E-state index contributed by atoms with van der Waals surface area (Å²) in [5, 5.41) is 3.95. The zero-order chi connectivity index (χ0) is 20.5. The van der Waals surface area contributed by atoms with Gasteiger partial charge in [0.15, 0.2) is 0 Å². The number of hydrogen-bond donors (Lipinski definition) is 1. The van der Waals surface area contributed by atoms with Gasteiger partial charge in [-0.15, -0.1) is 0 Å². The van der Waals surface area contributed by atoms with Crippen molar-refractivity contribution in [1.82, 2.24) is 29.8 Å². The topological polar surface area (TPSA) is 85.6 Å². The largest absolute Gasteiger partial charge is 0.346 e. The van der Waals surface area contributed by atoms with E-state index in [1.807, 2.05) is 54.0 Å². The Bertz CT molecular complexity index is 1380. The van der Waals surface area contributed by atoms with Gasteiger partial charge in [-0.05, 0) is 30.7 Å². The Morgan fingerprint density at radius 1 is 1.07 bits per heavy atom. The van der Waals surface area contributed by atoms with E-state index in [1.54, 1.807) is 6.33 Å². The molecule has 0 spiro atoms. The summed E-state index contributed by atoms with van der Waals surface area (Å²) in [6, 6.07) is 16.0. The van der Waals surface area contributed by atoms with Gasteiger partial charge in [0.05, 0.1) is 22.7 Å². The molecular formula is C23H18N6O. The maximum Gasteiger partial charge on any atom is 0.271 e. The molecule has 0 atom stereocenters. The van der Waals surface area contributed by atoms with Crippen LogP contribution in [0.2, 0.25) is 0 Å². The van der Waals surface area contributed by atoms with E-state index in [0.29, 0.717) is 6.54 Å². The summed E-state index contributed by atoms with van der Waals surface area (Å²) in [6.07, 6.45) is 6.25. The third-order valence-electron chi connectivity index (χ3n) is 5.02. The van der Waals surface area contributed by atoms with Gasteiger partial charge in [-0.3, -0.25) is 14.3 Å². The van der Waals surface area contributed by atoms with Crippen molar-refractivity contribution in [2.45, 2.75) is 13.5 Å². The molecular weight excluding hydrogens is 376 g/mol. The second kappa shape index (κ2) is 7.36. The van der Waals surface area contributed by atoms with E-state index in [-0.39, 0.29) is 11.6 Å². The molecule has 5 rings (SSSR count). The highest BCUT2D eigenvalue weighted by molar-refractivity contribution is 5.92. The van der Waals surface area contributed by atoms with Crippen LogP contribution < -0.4 is 5.32 Å². The number of carbonyl (C=O) groups excluding carboxylic acids is 1. The van der Waals surface area contributed by atoms with Crippen molar-refractivity contribution in [2.24, 2.45) is 0 Å². The van der Waals surface area contributed by atoms with Crippen LogP contribution in [0.5, 0.6) is 0 Å². The van der Waals surface area contributed by atoms with Gasteiger partial charge < -0.3 is 5.32 Å². The molecule has 0 aliphatic heterocycles. The summed E-state index contributed by atoms with van der Waals surface area (Å²) < 4.78 is 1.96. The number of amides is 1. The third kappa shape index (κ3) is 3.16. The van der Waals surface area contributed by atoms with Crippen LogP contribution in [0.15, 0.2) is 73.4 Å². The molecule has 30 heavy (non-hydrogen) atoms. The van der Waals surface area contributed by atoms with Crippen LogP contribution in [-0.4, -0.2) is 30.4 Å². The number of nitrogens with one attached hydrogen (secondary N) is 1. The van der Waals surface area contributed by atoms with E-state index in [0.717, 1.165) is 38.9 Å². The first kappa shape index (κ1) is 17.9. The molecule has 1 N–H and O–H groups in total. The zero-order valence-electron chi connectivity index (χ0n) is 16.3. The molecule has 2 aromatic carbocycles. The number of para-hydroxylation sites is 3. The van der Waals surface area contributed by atoms with Crippen molar-refractivity contribution in [1.29, 1.82) is 0 Å². The van der Waals surface area contributed by atoms with Gasteiger partial charge in [0, 0.05) is 29.9 Å². The van der Waals surface area contributed by atoms with Crippen molar-refractivity contribution >= 4 is 27.8 Å². The van der Waals surface area contributed by atoms with Crippen LogP contribution in [0, 0.1) is 6.92 Å². The van der Waals surface area contributed by atoms with Crippen LogP contribution in [-0.2, 0) is 6.54 Å². The molecule has 3 aromatic heterocycles. The fourth-order valence-corrected chi connectivity index (χ4v) is 3.53. The molecule has 7 heteroatoms. The van der Waals surface area contributed by atoms with Crippen molar-refractivity contribution in [3.63, 3.8) is 0 Å². The molecule has 3 heterocycles. The molecule has 146 valence electrons. The lowest BCUT2D eigenvalue weighted by molar-refractivity contribution is 0.0945. The number of rotatable bonds is 4. The maximum atomic E-state index is 12.5. The minimum Gasteiger partial charge on any atom is -0.346 e. The van der Waals surface area contributed by atoms with Gasteiger partial charge >= 0.3 is 0 Å². The number of hydrogen-bond acceptors (Lipinski definition) is 5. The molecule has 0 saturated heterocycles. The lowest BCUT2D eigenvalue weighted by Gasteiger charge is -2.14. The molecule has 0 unspecified atom stereocenters. The molecule has 0 aliphatic carbocycles. The predicted molar refractivity (Wildman–Crippen MR) is 114 cm³/mol. The molecule has 0 aliphatic rings. The predicted octanol–water partition coefficient (Wildman–Crippen LogP) is 3.60. The minimum atomic E-state index is -0.283. The fraction of sp³-hybridized carbons (Fsp3) is 0.0870. The van der Waals surface area contributed by atoms with Crippen LogP contribution >= 0.6 is 0 Å². The number of fused-ring (bicyclic) bond motifs is 2. The van der Waals surface area contributed by atoms with Crippen LogP contribution in [0.1, 0.15) is 21.6 Å². The average Bonchev–Trinajstić information content (AvgIpc) is 3.22. The van der Waals surface area contributed by atoms with Gasteiger partial charge in [-0.1, -0.05) is 30.3 Å². The molecule has 0 saturated carbocycles. The summed E-state index contributed by atoms with van der Waals surface area (Å²) >= 11 is 0. The normalized spacial score (nSPS) is 11.1. The summed E-state index contributed by atoms with van der Waals surface area (Å²) in [5.74, 6) is 0.457. The number of aromatic nitrogens is 5. The SMILES string of the molecule is Cc1cccc2cc(CNC(=O)c3cnccn3)c(-n3cnc4ccccc43)nc12. The van der Waals surface area contributed by atoms with Gasteiger partial charge in [0.25, 0.3) is 5.91 Å². The smallest absolute Gasteiger partial charge is 0.271 e. The average molecular weight is 394 g/mol. The molecule has 0 radical (unpaired) electrons. The second-order valence-electron chi connectivity index (χ2n) is 6.99.